The van der Waals surface area contributed by atoms with E-state index in [1.807, 2.05) is 35.9 Å². The van der Waals surface area contributed by atoms with Crippen molar-refractivity contribution in [2.75, 3.05) is 6.54 Å². The first-order valence-corrected chi connectivity index (χ1v) is 5.74. The molecule has 2 aromatic rings. The van der Waals surface area contributed by atoms with E-state index in [2.05, 4.69) is 10.3 Å². The maximum absolute atomic E-state index is 11.5. The Balaban J connectivity index is 1.74. The zero-order valence-electron chi connectivity index (χ0n) is 10.2. The molecule has 1 heterocycles. The van der Waals surface area contributed by atoms with Crippen LogP contribution in [0.5, 0.6) is 5.75 Å². The fraction of sp³-hybridized carbons (Fsp3) is 0.231. The van der Waals surface area contributed by atoms with Crippen molar-refractivity contribution < 1.29 is 9.53 Å². The van der Waals surface area contributed by atoms with Crippen molar-refractivity contribution in [3.63, 3.8) is 0 Å². The number of rotatable bonds is 4. The van der Waals surface area contributed by atoms with Crippen LogP contribution in [0.1, 0.15) is 5.82 Å². The molecule has 18 heavy (non-hydrogen) atoms. The number of amides is 1. The molecule has 0 aliphatic carbocycles. The third-order valence-electron chi connectivity index (χ3n) is 2.50. The molecule has 0 aliphatic heterocycles. The van der Waals surface area contributed by atoms with E-state index in [1.54, 1.807) is 18.3 Å². The first-order valence-electron chi connectivity index (χ1n) is 5.74. The van der Waals surface area contributed by atoms with Crippen LogP contribution >= 0.6 is 0 Å². The number of nitrogens with zero attached hydrogens (tertiary/aromatic N) is 2. The Morgan fingerprint density at radius 2 is 2.17 bits per heavy atom. The molecule has 5 heteroatoms. The van der Waals surface area contributed by atoms with Gasteiger partial charge in [0.15, 0.2) is 0 Å². The number of nitrogens with one attached hydrogen (secondary N) is 1. The molecule has 0 saturated carbocycles. The van der Waals surface area contributed by atoms with E-state index in [1.165, 1.54) is 0 Å². The van der Waals surface area contributed by atoms with Crippen LogP contribution in [0.15, 0.2) is 42.7 Å². The second kappa shape index (κ2) is 5.86. The van der Waals surface area contributed by atoms with Crippen molar-refractivity contribution in [3.8, 4) is 5.75 Å². The number of carbonyl (C=O) groups is 1. The Bertz CT molecular complexity index is 508. The quantitative estimate of drug-likeness (QED) is 0.896. The number of imidazole rings is 1. The lowest BCUT2D eigenvalue weighted by molar-refractivity contribution is 0.200. The standard InChI is InChI=1S/C13H15N3O2/c1-11-14-7-9-16(11)10-8-15-13(17)18-12-5-3-2-4-6-12/h2-7,9H,8,10H2,1H3,(H,15,17). The summed E-state index contributed by atoms with van der Waals surface area (Å²) in [5.74, 6) is 1.46. The molecule has 1 amide bonds. The van der Waals surface area contributed by atoms with Gasteiger partial charge in [0, 0.05) is 25.5 Å². The van der Waals surface area contributed by atoms with Gasteiger partial charge in [-0.05, 0) is 19.1 Å². The van der Waals surface area contributed by atoms with Gasteiger partial charge in [0.05, 0.1) is 0 Å². The summed E-state index contributed by atoms with van der Waals surface area (Å²) < 4.78 is 7.05. The van der Waals surface area contributed by atoms with Crippen molar-refractivity contribution in [3.05, 3.63) is 48.5 Å². The van der Waals surface area contributed by atoms with E-state index in [-0.39, 0.29) is 0 Å². The van der Waals surface area contributed by atoms with Crippen molar-refractivity contribution in [1.82, 2.24) is 14.9 Å². The van der Waals surface area contributed by atoms with Crippen LogP contribution in [0.2, 0.25) is 0 Å². The monoisotopic (exact) mass is 245 g/mol. The third-order valence-corrected chi connectivity index (χ3v) is 2.50. The predicted octanol–water partition coefficient (Wildman–Crippen LogP) is 1.98. The molecule has 0 unspecified atom stereocenters. The highest BCUT2D eigenvalue weighted by Gasteiger charge is 2.03. The maximum Gasteiger partial charge on any atom is 0.412 e. The minimum Gasteiger partial charge on any atom is -0.410 e. The lowest BCUT2D eigenvalue weighted by Gasteiger charge is -2.07. The van der Waals surface area contributed by atoms with Crippen LogP contribution in [-0.2, 0) is 6.54 Å². The molecule has 0 fully saturated rings. The Labute approximate surface area is 105 Å². The largest absolute Gasteiger partial charge is 0.412 e. The zero-order chi connectivity index (χ0) is 12.8. The average Bonchev–Trinajstić information content (AvgIpc) is 2.76. The average molecular weight is 245 g/mol. The molecule has 0 aliphatic rings. The fourth-order valence-electron chi connectivity index (χ4n) is 1.55. The first-order chi connectivity index (χ1) is 8.75. The summed E-state index contributed by atoms with van der Waals surface area (Å²) in [5.41, 5.74) is 0. The van der Waals surface area contributed by atoms with E-state index in [0.717, 1.165) is 5.82 Å². The highest BCUT2D eigenvalue weighted by molar-refractivity contribution is 5.70. The second-order valence-electron chi connectivity index (χ2n) is 3.80. The van der Waals surface area contributed by atoms with Crippen LogP contribution in [0.3, 0.4) is 0 Å². The van der Waals surface area contributed by atoms with Crippen molar-refractivity contribution >= 4 is 6.09 Å². The van der Waals surface area contributed by atoms with Crippen LogP contribution in [-0.4, -0.2) is 22.2 Å². The van der Waals surface area contributed by atoms with Gasteiger partial charge in [-0.1, -0.05) is 18.2 Å². The fourth-order valence-corrected chi connectivity index (χ4v) is 1.55. The highest BCUT2D eigenvalue weighted by Crippen LogP contribution is 2.07. The molecule has 1 aromatic carbocycles. The zero-order valence-corrected chi connectivity index (χ0v) is 10.2. The highest BCUT2D eigenvalue weighted by atomic mass is 16.5. The van der Waals surface area contributed by atoms with Gasteiger partial charge in [-0.2, -0.15) is 0 Å². The number of ether oxygens (including phenoxy) is 1. The maximum atomic E-state index is 11.5. The molecule has 0 radical (unpaired) electrons. The molecule has 1 N–H and O–H groups in total. The molecule has 0 spiro atoms. The summed E-state index contributed by atoms with van der Waals surface area (Å²) in [6.45, 7) is 3.10. The summed E-state index contributed by atoms with van der Waals surface area (Å²) in [6, 6.07) is 8.97. The molecule has 5 nitrogen and oxygen atoms in total. The molecule has 1 aromatic heterocycles. The topological polar surface area (TPSA) is 56.2 Å². The summed E-state index contributed by atoms with van der Waals surface area (Å²) in [7, 11) is 0. The predicted molar refractivity (Wildman–Crippen MR) is 67.4 cm³/mol. The minimum atomic E-state index is -0.445. The molecule has 2 rings (SSSR count). The van der Waals surface area contributed by atoms with Crippen molar-refractivity contribution in [1.29, 1.82) is 0 Å². The Hall–Kier alpha value is -2.30. The number of benzene rings is 1. The normalized spacial score (nSPS) is 10.1. The van der Waals surface area contributed by atoms with Gasteiger partial charge >= 0.3 is 6.09 Å². The van der Waals surface area contributed by atoms with Crippen LogP contribution < -0.4 is 10.1 Å². The molecule has 0 saturated heterocycles. The van der Waals surface area contributed by atoms with Crippen LogP contribution in [0.4, 0.5) is 4.79 Å². The van der Waals surface area contributed by atoms with Gasteiger partial charge in [0.1, 0.15) is 11.6 Å². The van der Waals surface area contributed by atoms with Gasteiger partial charge in [0.2, 0.25) is 0 Å². The van der Waals surface area contributed by atoms with E-state index < -0.39 is 6.09 Å². The lowest BCUT2D eigenvalue weighted by atomic mass is 10.3. The number of hydrogen-bond donors (Lipinski definition) is 1. The summed E-state index contributed by atoms with van der Waals surface area (Å²) in [5, 5.41) is 2.69. The smallest absolute Gasteiger partial charge is 0.410 e. The molecular weight excluding hydrogens is 230 g/mol. The number of aryl methyl sites for hydroxylation is 1. The number of para-hydroxylation sites is 1. The molecule has 0 atom stereocenters. The van der Waals surface area contributed by atoms with Crippen molar-refractivity contribution in [2.24, 2.45) is 0 Å². The Kier molecular flexibility index (Phi) is 3.96. The van der Waals surface area contributed by atoms with E-state index in [4.69, 9.17) is 4.74 Å². The molecule has 94 valence electrons. The summed E-state index contributed by atoms with van der Waals surface area (Å²) >= 11 is 0. The first kappa shape index (κ1) is 12.2. The third kappa shape index (κ3) is 3.35. The lowest BCUT2D eigenvalue weighted by Crippen LogP contribution is -2.30. The van der Waals surface area contributed by atoms with Crippen molar-refractivity contribution in [2.45, 2.75) is 13.5 Å². The second-order valence-corrected chi connectivity index (χ2v) is 3.80. The van der Waals surface area contributed by atoms with Gasteiger partial charge in [-0.25, -0.2) is 9.78 Å². The summed E-state index contributed by atoms with van der Waals surface area (Å²) in [6.07, 6.45) is 3.16. The molecule has 0 bridgehead atoms. The summed E-state index contributed by atoms with van der Waals surface area (Å²) in [4.78, 5) is 15.6. The molecular formula is C13H15N3O2. The Morgan fingerprint density at radius 3 is 2.83 bits per heavy atom. The Morgan fingerprint density at radius 1 is 1.39 bits per heavy atom. The van der Waals surface area contributed by atoms with E-state index in [9.17, 15) is 4.79 Å². The van der Waals surface area contributed by atoms with Gasteiger partial charge in [0.25, 0.3) is 0 Å². The van der Waals surface area contributed by atoms with E-state index in [0.29, 0.717) is 18.8 Å². The van der Waals surface area contributed by atoms with E-state index >= 15 is 0 Å². The van der Waals surface area contributed by atoms with Gasteiger partial charge < -0.3 is 14.6 Å². The minimum absolute atomic E-state index is 0.445. The van der Waals surface area contributed by atoms with Crippen LogP contribution in [0.25, 0.3) is 0 Å². The SMILES string of the molecule is Cc1nccn1CCNC(=O)Oc1ccccc1. The number of hydrogen-bond acceptors (Lipinski definition) is 3. The van der Waals surface area contributed by atoms with Crippen LogP contribution in [0, 0.1) is 6.92 Å². The van der Waals surface area contributed by atoms with Gasteiger partial charge in [-0.15, -0.1) is 0 Å². The van der Waals surface area contributed by atoms with Gasteiger partial charge in [-0.3, -0.25) is 0 Å². The number of carbonyl (C=O) groups excluding carboxylic acids is 1. The number of aromatic nitrogens is 2.